The van der Waals surface area contributed by atoms with Gasteiger partial charge in [-0.2, -0.15) is 5.26 Å². The van der Waals surface area contributed by atoms with E-state index in [1.165, 1.54) is 6.33 Å². The predicted octanol–water partition coefficient (Wildman–Crippen LogP) is 4.43. The first-order chi connectivity index (χ1) is 24.8. The molecule has 0 unspecified atom stereocenters. The maximum atomic E-state index is 8.90. The molecule has 15 heteroatoms. The number of hydrogen-bond donors (Lipinski definition) is 1. The molecular weight excluding hydrogens is 672 g/mol. The summed E-state index contributed by atoms with van der Waals surface area (Å²) in [5.74, 6) is 3.49. The van der Waals surface area contributed by atoms with Crippen molar-refractivity contribution in [2.24, 2.45) is 0 Å². The van der Waals surface area contributed by atoms with E-state index in [0.717, 1.165) is 106 Å². The van der Waals surface area contributed by atoms with Crippen LogP contribution in [0.3, 0.4) is 0 Å². The Bertz CT molecular complexity index is 1930. The first kappa shape index (κ1) is 36.1. The summed E-state index contributed by atoms with van der Waals surface area (Å²) in [7, 11) is 6.40. The number of methoxy groups -OCH3 is 4. The van der Waals surface area contributed by atoms with Crippen molar-refractivity contribution < 1.29 is 18.9 Å². The van der Waals surface area contributed by atoms with E-state index in [-0.39, 0.29) is 11.2 Å². The normalized spacial score (nSPS) is 18.9. The van der Waals surface area contributed by atoms with Crippen LogP contribution in [0.25, 0.3) is 26.7 Å². The molecule has 2 aromatic heterocycles. The lowest BCUT2D eigenvalue weighted by atomic mass is 10.2. The maximum Gasteiger partial charge on any atom is 0.289 e. The van der Waals surface area contributed by atoms with Gasteiger partial charge in [-0.15, -0.1) is 0 Å². The first-order valence-electron chi connectivity index (χ1n) is 17.0. The highest BCUT2D eigenvalue weighted by Gasteiger charge is 2.56. The molecule has 4 fully saturated rings. The van der Waals surface area contributed by atoms with Crippen molar-refractivity contribution >= 4 is 39.2 Å². The van der Waals surface area contributed by atoms with Crippen LogP contribution in [0.2, 0.25) is 5.15 Å². The van der Waals surface area contributed by atoms with Crippen molar-refractivity contribution in [3.8, 4) is 29.1 Å². The summed E-state index contributed by atoms with van der Waals surface area (Å²) in [5.41, 5.74) is 1.32. The Morgan fingerprint density at radius 2 is 1.25 bits per heavy atom. The molecule has 1 N–H and O–H groups in total. The molecule has 0 radical (unpaired) electrons. The minimum Gasteiger partial charge on any atom is -0.493 e. The average Bonchev–Trinajstić information content (AvgIpc) is 4.14. The summed E-state index contributed by atoms with van der Waals surface area (Å²) in [6.45, 7) is 15.1. The molecule has 0 amide bonds. The molecule has 14 nitrogen and oxygen atoms in total. The Hall–Kier alpha value is -4.73. The Labute approximate surface area is 303 Å². The highest BCUT2D eigenvalue weighted by atomic mass is 35.5. The fourth-order valence-electron chi connectivity index (χ4n) is 6.63. The molecule has 2 saturated heterocycles. The number of ether oxygens (including phenoxy) is 4. The molecule has 0 atom stereocenters. The Morgan fingerprint density at radius 1 is 0.725 bits per heavy atom. The molecular formula is C36H43ClN10O4. The molecule has 0 bridgehead atoms. The summed E-state index contributed by atoms with van der Waals surface area (Å²) >= 11 is 5.93. The smallest absolute Gasteiger partial charge is 0.289 e. The van der Waals surface area contributed by atoms with E-state index in [0.29, 0.717) is 28.2 Å². The highest BCUT2D eigenvalue weighted by molar-refractivity contribution is 6.34. The minimum absolute atomic E-state index is 0.0396. The van der Waals surface area contributed by atoms with E-state index in [2.05, 4.69) is 50.9 Å². The van der Waals surface area contributed by atoms with E-state index in [1.807, 2.05) is 12.1 Å². The van der Waals surface area contributed by atoms with Crippen molar-refractivity contribution in [1.82, 2.24) is 35.1 Å². The highest BCUT2D eigenvalue weighted by Crippen LogP contribution is 2.44. The van der Waals surface area contributed by atoms with Crippen LogP contribution in [0.15, 0.2) is 36.9 Å². The number of piperazine rings is 2. The van der Waals surface area contributed by atoms with Crippen molar-refractivity contribution in [3.05, 3.63) is 53.5 Å². The zero-order valence-corrected chi connectivity index (χ0v) is 30.2. The van der Waals surface area contributed by atoms with E-state index >= 15 is 0 Å². The molecule has 2 aromatic carbocycles. The van der Waals surface area contributed by atoms with Crippen LogP contribution in [0.1, 0.15) is 25.7 Å². The van der Waals surface area contributed by atoms with Gasteiger partial charge in [0.25, 0.3) is 5.66 Å². The van der Waals surface area contributed by atoms with Crippen molar-refractivity contribution in [2.75, 3.05) is 85.7 Å². The van der Waals surface area contributed by atoms with Gasteiger partial charge in [-0.1, -0.05) is 11.6 Å². The predicted molar refractivity (Wildman–Crippen MR) is 195 cm³/mol. The second-order valence-corrected chi connectivity index (χ2v) is 13.1. The molecule has 4 aromatic rings. The van der Waals surface area contributed by atoms with Crippen LogP contribution in [0.5, 0.6) is 23.0 Å². The molecule has 4 heterocycles. The van der Waals surface area contributed by atoms with E-state index in [4.69, 9.17) is 42.4 Å². The maximum absolute atomic E-state index is 8.90. The van der Waals surface area contributed by atoms with Crippen molar-refractivity contribution in [2.45, 2.75) is 36.9 Å². The van der Waals surface area contributed by atoms with Gasteiger partial charge in [0, 0.05) is 75.3 Å². The Balaban J connectivity index is 0.000000146. The van der Waals surface area contributed by atoms with Crippen molar-refractivity contribution in [3.63, 3.8) is 0 Å². The third-order valence-corrected chi connectivity index (χ3v) is 10.2. The number of anilines is 1. The lowest BCUT2D eigenvalue weighted by Gasteiger charge is -2.36. The first-order valence-corrected chi connectivity index (χ1v) is 17.4. The fourth-order valence-corrected chi connectivity index (χ4v) is 6.82. The van der Waals surface area contributed by atoms with Gasteiger partial charge in [0.2, 0.25) is 0 Å². The number of nitrogens with zero attached hydrogens (tertiary/aromatic N) is 9. The molecule has 0 spiro atoms. The zero-order chi connectivity index (χ0) is 36.0. The van der Waals surface area contributed by atoms with E-state index in [1.54, 1.807) is 46.9 Å². The monoisotopic (exact) mass is 714 g/mol. The summed E-state index contributed by atoms with van der Waals surface area (Å²) < 4.78 is 21.1. The number of hydrogen-bond acceptors (Lipinski definition) is 13. The van der Waals surface area contributed by atoms with Crippen LogP contribution in [-0.2, 0) is 0 Å². The zero-order valence-electron chi connectivity index (χ0n) is 29.5. The molecule has 2 saturated carbocycles. The quantitative estimate of drug-likeness (QED) is 0.214. The number of benzene rings is 2. The SMILES string of the molecule is COc1cc2ncnc(Cl)c2cc1OC.N#CC1(N2CCNCC2)CC1.[C-]#[N+]C1(N2CCN(c3ncnc4cc(OC)c(OC)cc34)CC2)CC1. The summed E-state index contributed by atoms with van der Waals surface area (Å²) in [6.07, 6.45) is 7.19. The van der Waals surface area contributed by atoms with Gasteiger partial charge in [-0.25, -0.2) is 31.4 Å². The largest absolute Gasteiger partial charge is 0.493 e. The number of rotatable bonds is 7. The Kier molecular flexibility index (Phi) is 11.1. The molecule has 268 valence electrons. The molecule has 2 aliphatic carbocycles. The average molecular weight is 715 g/mol. The van der Waals surface area contributed by atoms with Gasteiger partial charge < -0.3 is 29.2 Å². The van der Waals surface area contributed by atoms with Gasteiger partial charge in [0.05, 0.1) is 58.4 Å². The van der Waals surface area contributed by atoms with E-state index in [9.17, 15) is 0 Å². The summed E-state index contributed by atoms with van der Waals surface area (Å²) in [4.78, 5) is 27.7. The van der Waals surface area contributed by atoms with Crippen LogP contribution in [0, 0.1) is 17.9 Å². The summed E-state index contributed by atoms with van der Waals surface area (Å²) in [5, 5.41) is 14.3. The number of fused-ring (bicyclic) bond motifs is 2. The summed E-state index contributed by atoms with van der Waals surface area (Å²) in [6, 6.07) is 9.77. The third kappa shape index (κ3) is 7.65. The molecule has 51 heavy (non-hydrogen) atoms. The molecule has 4 aliphatic rings. The topological polar surface area (TPSA) is 138 Å². The second-order valence-electron chi connectivity index (χ2n) is 12.8. The number of nitriles is 1. The van der Waals surface area contributed by atoms with Crippen molar-refractivity contribution in [1.29, 1.82) is 5.26 Å². The Morgan fingerprint density at radius 3 is 1.76 bits per heavy atom. The molecule has 2 aliphatic heterocycles. The van der Waals surface area contributed by atoms with Gasteiger partial charge in [0.15, 0.2) is 23.0 Å². The van der Waals surface area contributed by atoms with Crippen LogP contribution >= 0.6 is 11.6 Å². The van der Waals surface area contributed by atoms with Gasteiger partial charge in [-0.3, -0.25) is 9.74 Å². The minimum atomic E-state index is -0.212. The van der Waals surface area contributed by atoms with Crippen LogP contribution < -0.4 is 29.2 Å². The van der Waals surface area contributed by atoms with Crippen LogP contribution in [0.4, 0.5) is 5.82 Å². The number of nitrogens with one attached hydrogen (secondary N) is 1. The van der Waals surface area contributed by atoms with E-state index < -0.39 is 0 Å². The lowest BCUT2D eigenvalue weighted by molar-refractivity contribution is 0.192. The third-order valence-electron chi connectivity index (χ3n) is 9.94. The van der Waals surface area contributed by atoms with Crippen LogP contribution in [-0.4, -0.2) is 122 Å². The number of aromatic nitrogens is 4. The second kappa shape index (κ2) is 15.7. The van der Waals surface area contributed by atoms with Gasteiger partial charge >= 0.3 is 0 Å². The lowest BCUT2D eigenvalue weighted by Crippen LogP contribution is -2.50. The molecule has 8 rings (SSSR count). The van der Waals surface area contributed by atoms with Gasteiger partial charge in [-0.05, 0) is 25.0 Å². The fraction of sp³-hybridized carbons (Fsp3) is 0.500. The standard InChI is InChI=1S/C18H21N5O2.C10H9ClN2O2.C8H13N3/c1-19-18(4-5-18)23-8-6-22(7-9-23)17-13-10-15(24-2)16(25-3)11-14(13)20-12-21-17;1-14-8-3-6-7(4-9(8)15-2)12-5-13-10(6)11;9-7-8(1-2-8)11-5-3-10-4-6-11/h10-12H,4-9H2,2-3H3;3-5H,1-2H3;10H,1-6H2. The number of halogens is 1. The van der Waals surface area contributed by atoms with Gasteiger partial charge in [0.1, 0.15) is 29.2 Å².